The summed E-state index contributed by atoms with van der Waals surface area (Å²) in [6, 6.07) is 14.6. The first-order valence-corrected chi connectivity index (χ1v) is 11.3. The normalized spacial score (nSPS) is 13.6. The average Bonchev–Trinajstić information content (AvgIpc) is 3.10. The molecular formula is C25H30N4O4. The number of rotatable bonds is 8. The van der Waals surface area contributed by atoms with Crippen molar-refractivity contribution >= 4 is 17.5 Å². The molecule has 1 fully saturated rings. The number of carbonyl (C=O) groups is 2. The van der Waals surface area contributed by atoms with Crippen LogP contribution in [-0.4, -0.2) is 62.7 Å². The number of anilines is 1. The lowest BCUT2D eigenvalue weighted by Crippen LogP contribution is -2.42. The molecule has 0 spiro atoms. The maximum Gasteiger partial charge on any atom is 0.251 e. The van der Waals surface area contributed by atoms with Crippen LogP contribution >= 0.6 is 0 Å². The molecule has 8 heteroatoms. The number of carbonyl (C=O) groups excluding carboxylic acids is 2. The van der Waals surface area contributed by atoms with Crippen molar-refractivity contribution < 1.29 is 19.1 Å². The molecule has 1 saturated heterocycles. The molecular weight excluding hydrogens is 420 g/mol. The lowest BCUT2D eigenvalue weighted by atomic mass is 10.2. The first-order chi connectivity index (χ1) is 16.0. The lowest BCUT2D eigenvalue weighted by molar-refractivity contribution is -0.129. The van der Waals surface area contributed by atoms with Crippen LogP contribution in [0.4, 0.5) is 5.69 Å². The van der Waals surface area contributed by atoms with Gasteiger partial charge in [-0.1, -0.05) is 0 Å². The topological polar surface area (TPSA) is 94.9 Å². The zero-order valence-corrected chi connectivity index (χ0v) is 19.2. The summed E-state index contributed by atoms with van der Waals surface area (Å²) in [5, 5.41) is 11.7. The van der Waals surface area contributed by atoms with E-state index in [1.54, 1.807) is 35.2 Å². The fourth-order valence-electron chi connectivity index (χ4n) is 3.73. The van der Waals surface area contributed by atoms with Gasteiger partial charge in [-0.2, -0.15) is 5.26 Å². The minimum Gasteiger partial charge on any atom is -0.490 e. The summed E-state index contributed by atoms with van der Waals surface area (Å²) in [5.41, 5.74) is 2.08. The van der Waals surface area contributed by atoms with Crippen LogP contribution in [0.25, 0.3) is 0 Å². The highest BCUT2D eigenvalue weighted by Crippen LogP contribution is 2.28. The van der Waals surface area contributed by atoms with Gasteiger partial charge in [0, 0.05) is 37.4 Å². The second-order valence-electron chi connectivity index (χ2n) is 7.59. The van der Waals surface area contributed by atoms with Crippen molar-refractivity contribution in [3.8, 4) is 17.6 Å². The number of nitriles is 1. The highest BCUT2D eigenvalue weighted by atomic mass is 16.5. The Kier molecular flexibility index (Phi) is 8.53. The molecule has 1 N–H and O–H groups in total. The third-order valence-corrected chi connectivity index (χ3v) is 5.42. The quantitative estimate of drug-likeness (QED) is 0.665. The van der Waals surface area contributed by atoms with Crippen molar-refractivity contribution in [1.82, 2.24) is 10.2 Å². The predicted octanol–water partition coefficient (Wildman–Crippen LogP) is 2.82. The van der Waals surface area contributed by atoms with Crippen molar-refractivity contribution in [1.29, 1.82) is 5.26 Å². The third-order valence-electron chi connectivity index (χ3n) is 5.42. The van der Waals surface area contributed by atoms with Gasteiger partial charge in [-0.25, -0.2) is 0 Å². The van der Waals surface area contributed by atoms with E-state index >= 15 is 0 Å². The lowest BCUT2D eigenvalue weighted by Gasteiger charge is -2.24. The Morgan fingerprint density at radius 1 is 0.970 bits per heavy atom. The van der Waals surface area contributed by atoms with Crippen LogP contribution in [0.5, 0.6) is 11.5 Å². The van der Waals surface area contributed by atoms with Gasteiger partial charge >= 0.3 is 0 Å². The number of ether oxygens (including phenoxy) is 2. The Morgan fingerprint density at radius 3 is 2.39 bits per heavy atom. The SMILES string of the molecule is CCOc1ccc(C(=O)NCC(=O)N2CCCN(c3ccc(C#N)cc3)CC2)cc1OCC. The van der Waals surface area contributed by atoms with Gasteiger partial charge in [0.2, 0.25) is 5.91 Å². The van der Waals surface area contributed by atoms with Gasteiger partial charge in [0.25, 0.3) is 5.91 Å². The molecule has 33 heavy (non-hydrogen) atoms. The van der Waals surface area contributed by atoms with Crippen molar-refractivity contribution in [2.45, 2.75) is 20.3 Å². The molecule has 0 bridgehead atoms. The maximum absolute atomic E-state index is 12.7. The molecule has 174 valence electrons. The molecule has 0 unspecified atom stereocenters. The molecule has 0 atom stereocenters. The standard InChI is InChI=1S/C25H30N4O4/c1-3-32-22-11-8-20(16-23(22)33-4-2)25(31)27-18-24(30)29-13-5-12-28(14-15-29)21-9-6-19(17-26)7-10-21/h6-11,16H,3-5,12-15,18H2,1-2H3,(H,27,31). The fourth-order valence-corrected chi connectivity index (χ4v) is 3.73. The number of hydrogen-bond acceptors (Lipinski definition) is 6. The van der Waals surface area contributed by atoms with E-state index in [1.165, 1.54) is 0 Å². The second kappa shape index (κ2) is 11.8. The van der Waals surface area contributed by atoms with Crippen molar-refractivity contribution in [2.75, 3.05) is 50.8 Å². The highest BCUT2D eigenvalue weighted by molar-refractivity contribution is 5.97. The van der Waals surface area contributed by atoms with Crippen LogP contribution in [0.1, 0.15) is 36.2 Å². The number of amides is 2. The Balaban J connectivity index is 1.54. The van der Waals surface area contributed by atoms with Gasteiger partial charge in [0.1, 0.15) is 0 Å². The summed E-state index contributed by atoms with van der Waals surface area (Å²) in [7, 11) is 0. The summed E-state index contributed by atoms with van der Waals surface area (Å²) in [4.78, 5) is 29.3. The smallest absolute Gasteiger partial charge is 0.251 e. The predicted molar refractivity (Wildman–Crippen MR) is 126 cm³/mol. The van der Waals surface area contributed by atoms with Gasteiger partial charge in [-0.3, -0.25) is 9.59 Å². The summed E-state index contributed by atoms with van der Waals surface area (Å²) < 4.78 is 11.1. The van der Waals surface area contributed by atoms with Crippen LogP contribution in [0.2, 0.25) is 0 Å². The van der Waals surface area contributed by atoms with Gasteiger partial charge in [-0.15, -0.1) is 0 Å². The third kappa shape index (κ3) is 6.39. The number of hydrogen-bond donors (Lipinski definition) is 1. The zero-order chi connectivity index (χ0) is 23.6. The number of nitrogens with zero attached hydrogens (tertiary/aromatic N) is 3. The van der Waals surface area contributed by atoms with E-state index in [0.717, 1.165) is 18.7 Å². The molecule has 2 amide bonds. The minimum absolute atomic E-state index is 0.0626. The van der Waals surface area contributed by atoms with Crippen LogP contribution < -0.4 is 19.7 Å². The van der Waals surface area contributed by atoms with Gasteiger partial charge in [0.05, 0.1) is 31.4 Å². The molecule has 2 aromatic carbocycles. The molecule has 1 aliphatic heterocycles. The van der Waals surface area contributed by atoms with Crippen LogP contribution in [0.3, 0.4) is 0 Å². The van der Waals surface area contributed by atoms with E-state index in [9.17, 15) is 9.59 Å². The van der Waals surface area contributed by atoms with E-state index in [2.05, 4.69) is 16.3 Å². The number of nitrogens with one attached hydrogen (secondary N) is 1. The largest absolute Gasteiger partial charge is 0.490 e. The van der Waals surface area contributed by atoms with Crippen molar-refractivity contribution in [2.24, 2.45) is 0 Å². The molecule has 0 aromatic heterocycles. The van der Waals surface area contributed by atoms with E-state index in [1.807, 2.05) is 26.0 Å². The van der Waals surface area contributed by atoms with Crippen molar-refractivity contribution in [3.05, 3.63) is 53.6 Å². The Hall–Kier alpha value is -3.73. The molecule has 3 rings (SSSR count). The van der Waals surface area contributed by atoms with Gasteiger partial charge in [0.15, 0.2) is 11.5 Å². The van der Waals surface area contributed by atoms with E-state index < -0.39 is 0 Å². The summed E-state index contributed by atoms with van der Waals surface area (Å²) in [6.45, 7) is 7.38. The molecule has 0 radical (unpaired) electrons. The van der Waals surface area contributed by atoms with Crippen molar-refractivity contribution in [3.63, 3.8) is 0 Å². The Labute approximate surface area is 194 Å². The van der Waals surface area contributed by atoms with Crippen LogP contribution in [0, 0.1) is 11.3 Å². The first-order valence-electron chi connectivity index (χ1n) is 11.3. The van der Waals surface area contributed by atoms with E-state index in [0.29, 0.717) is 55.5 Å². The zero-order valence-electron chi connectivity index (χ0n) is 19.2. The van der Waals surface area contributed by atoms with E-state index in [4.69, 9.17) is 14.7 Å². The van der Waals surface area contributed by atoms with E-state index in [-0.39, 0.29) is 18.4 Å². The van der Waals surface area contributed by atoms with Crippen LogP contribution in [-0.2, 0) is 4.79 Å². The molecule has 0 aliphatic carbocycles. The molecule has 1 aliphatic rings. The average molecular weight is 451 g/mol. The number of benzene rings is 2. The van der Waals surface area contributed by atoms with Gasteiger partial charge < -0.3 is 24.6 Å². The van der Waals surface area contributed by atoms with Gasteiger partial charge in [-0.05, 0) is 62.7 Å². The first kappa shape index (κ1) is 23.9. The fraction of sp³-hybridized carbons (Fsp3) is 0.400. The molecule has 1 heterocycles. The molecule has 8 nitrogen and oxygen atoms in total. The summed E-state index contributed by atoms with van der Waals surface area (Å²) in [6.07, 6.45) is 0.830. The summed E-state index contributed by atoms with van der Waals surface area (Å²) in [5.74, 6) is 0.652. The maximum atomic E-state index is 12.7. The molecule has 0 saturated carbocycles. The monoisotopic (exact) mass is 450 g/mol. The Morgan fingerprint density at radius 2 is 1.70 bits per heavy atom. The minimum atomic E-state index is -0.332. The van der Waals surface area contributed by atoms with Crippen LogP contribution in [0.15, 0.2) is 42.5 Å². The summed E-state index contributed by atoms with van der Waals surface area (Å²) >= 11 is 0. The molecule has 2 aromatic rings. The highest BCUT2D eigenvalue weighted by Gasteiger charge is 2.20. The second-order valence-corrected chi connectivity index (χ2v) is 7.59. The Bertz CT molecular complexity index is 1000.